The number of allylic oxidation sites excluding steroid dienone is 2. The van der Waals surface area contributed by atoms with Crippen molar-refractivity contribution in [1.29, 1.82) is 0 Å². The molecule has 1 fully saturated rings. The molecule has 5 heteroatoms. The zero-order valence-corrected chi connectivity index (χ0v) is 14.8. The average Bonchev–Trinajstić information content (AvgIpc) is 2.54. The molecular weight excluding hydrogens is 292 g/mol. The quantitative estimate of drug-likeness (QED) is 0.708. The number of nitrogens with one attached hydrogen (secondary N) is 2. The molecule has 0 radical (unpaired) electrons. The van der Waals surface area contributed by atoms with Crippen LogP contribution in [0.4, 0.5) is 0 Å². The van der Waals surface area contributed by atoms with Gasteiger partial charge in [-0.1, -0.05) is 26.0 Å². The van der Waals surface area contributed by atoms with E-state index in [0.29, 0.717) is 43.7 Å². The number of amides is 2. The third-order valence-electron chi connectivity index (χ3n) is 4.15. The fourth-order valence-electron chi connectivity index (χ4n) is 2.63. The molecule has 0 atom stereocenters. The zero-order chi connectivity index (χ0) is 17.3. The maximum Gasteiger partial charge on any atom is 0.247 e. The molecule has 2 N–H and O–H groups in total. The number of carbonyl (C=O) groups is 2. The second kappa shape index (κ2) is 9.50. The van der Waals surface area contributed by atoms with Gasteiger partial charge < -0.3 is 15.4 Å². The Morgan fingerprint density at radius 2 is 1.52 bits per heavy atom. The van der Waals surface area contributed by atoms with Crippen LogP contribution in [0.25, 0.3) is 0 Å². The molecule has 0 aromatic carbocycles. The van der Waals surface area contributed by atoms with Gasteiger partial charge in [-0.05, 0) is 39.5 Å². The normalized spacial score (nSPS) is 18.4. The molecule has 130 valence electrons. The highest BCUT2D eigenvalue weighted by molar-refractivity contribution is 5.94. The van der Waals surface area contributed by atoms with Gasteiger partial charge in [-0.15, -0.1) is 0 Å². The topological polar surface area (TPSA) is 67.4 Å². The van der Waals surface area contributed by atoms with E-state index in [-0.39, 0.29) is 11.8 Å². The van der Waals surface area contributed by atoms with Gasteiger partial charge >= 0.3 is 0 Å². The monoisotopic (exact) mass is 322 g/mol. The first kappa shape index (κ1) is 19.4. The maximum absolute atomic E-state index is 12.3. The van der Waals surface area contributed by atoms with Gasteiger partial charge in [0.1, 0.15) is 0 Å². The minimum Gasteiger partial charge on any atom is -0.381 e. The Kier molecular flexibility index (Phi) is 8.03. The first-order valence-electron chi connectivity index (χ1n) is 8.46. The first-order chi connectivity index (χ1) is 10.9. The summed E-state index contributed by atoms with van der Waals surface area (Å²) >= 11 is 0. The highest BCUT2D eigenvalue weighted by atomic mass is 16.5. The SMILES string of the molecule is CCC=C(C)C(=O)NCC1(NC(=O)C(C)=CCC)CCOCC1. The average molecular weight is 322 g/mol. The van der Waals surface area contributed by atoms with Crippen molar-refractivity contribution in [2.24, 2.45) is 0 Å². The molecule has 0 aromatic heterocycles. The van der Waals surface area contributed by atoms with Crippen molar-refractivity contribution in [2.45, 2.75) is 58.9 Å². The molecule has 1 rings (SSSR count). The number of hydrogen-bond donors (Lipinski definition) is 2. The minimum atomic E-state index is -0.430. The van der Waals surface area contributed by atoms with Crippen LogP contribution in [0.5, 0.6) is 0 Å². The Morgan fingerprint density at radius 1 is 1.00 bits per heavy atom. The summed E-state index contributed by atoms with van der Waals surface area (Å²) < 4.78 is 5.42. The summed E-state index contributed by atoms with van der Waals surface area (Å²) in [4.78, 5) is 24.4. The molecule has 2 amide bonds. The Labute approximate surface area is 139 Å². The molecule has 0 unspecified atom stereocenters. The summed E-state index contributed by atoms with van der Waals surface area (Å²) in [5, 5.41) is 6.08. The number of hydrogen-bond acceptors (Lipinski definition) is 3. The van der Waals surface area contributed by atoms with Crippen molar-refractivity contribution in [3.8, 4) is 0 Å². The van der Waals surface area contributed by atoms with Gasteiger partial charge in [0.2, 0.25) is 11.8 Å². The van der Waals surface area contributed by atoms with Crippen molar-refractivity contribution in [1.82, 2.24) is 10.6 Å². The van der Waals surface area contributed by atoms with Crippen molar-refractivity contribution < 1.29 is 14.3 Å². The molecule has 1 saturated heterocycles. The molecule has 23 heavy (non-hydrogen) atoms. The van der Waals surface area contributed by atoms with E-state index in [9.17, 15) is 9.59 Å². The lowest BCUT2D eigenvalue weighted by Crippen LogP contribution is -2.58. The molecule has 1 heterocycles. The van der Waals surface area contributed by atoms with E-state index < -0.39 is 5.54 Å². The molecular formula is C18H30N2O3. The van der Waals surface area contributed by atoms with E-state index in [1.54, 1.807) is 0 Å². The predicted molar refractivity (Wildman–Crippen MR) is 92.0 cm³/mol. The van der Waals surface area contributed by atoms with Crippen LogP contribution in [0.2, 0.25) is 0 Å². The van der Waals surface area contributed by atoms with Gasteiger partial charge in [0.15, 0.2) is 0 Å². The molecule has 0 saturated carbocycles. The van der Waals surface area contributed by atoms with Gasteiger partial charge in [-0.3, -0.25) is 9.59 Å². The predicted octanol–water partition coefficient (Wildman–Crippen LogP) is 2.48. The summed E-state index contributed by atoms with van der Waals surface area (Å²) in [7, 11) is 0. The molecule has 1 aliphatic rings. The van der Waals surface area contributed by atoms with E-state index in [2.05, 4.69) is 10.6 Å². The van der Waals surface area contributed by atoms with Crippen molar-refractivity contribution in [3.63, 3.8) is 0 Å². The van der Waals surface area contributed by atoms with Crippen LogP contribution in [0.3, 0.4) is 0 Å². The van der Waals surface area contributed by atoms with Crippen LogP contribution < -0.4 is 10.6 Å². The fourth-order valence-corrected chi connectivity index (χ4v) is 2.63. The van der Waals surface area contributed by atoms with Crippen LogP contribution in [-0.2, 0) is 14.3 Å². The molecule has 1 aliphatic heterocycles. The smallest absolute Gasteiger partial charge is 0.247 e. The second-order valence-electron chi connectivity index (χ2n) is 6.12. The van der Waals surface area contributed by atoms with Crippen LogP contribution in [-0.4, -0.2) is 37.1 Å². The molecule has 0 aliphatic carbocycles. The van der Waals surface area contributed by atoms with E-state index >= 15 is 0 Å². The Morgan fingerprint density at radius 3 is 2.04 bits per heavy atom. The highest BCUT2D eigenvalue weighted by Crippen LogP contribution is 2.21. The summed E-state index contributed by atoms with van der Waals surface area (Å²) in [6.45, 7) is 9.24. The van der Waals surface area contributed by atoms with E-state index in [0.717, 1.165) is 12.8 Å². The fraction of sp³-hybridized carbons (Fsp3) is 0.667. The van der Waals surface area contributed by atoms with Crippen molar-refractivity contribution in [3.05, 3.63) is 23.3 Å². The lowest BCUT2D eigenvalue weighted by Gasteiger charge is -2.38. The number of rotatable bonds is 7. The van der Waals surface area contributed by atoms with Crippen molar-refractivity contribution >= 4 is 11.8 Å². The van der Waals surface area contributed by atoms with Crippen LogP contribution in [0.1, 0.15) is 53.4 Å². The summed E-state index contributed by atoms with van der Waals surface area (Å²) in [5.41, 5.74) is 0.996. The molecule has 0 bridgehead atoms. The minimum absolute atomic E-state index is 0.0659. The van der Waals surface area contributed by atoms with Gasteiger partial charge in [0.05, 0.1) is 5.54 Å². The summed E-state index contributed by atoms with van der Waals surface area (Å²) in [5.74, 6) is -0.142. The lowest BCUT2D eigenvalue weighted by atomic mass is 9.89. The van der Waals surface area contributed by atoms with Gasteiger partial charge in [0, 0.05) is 30.9 Å². The van der Waals surface area contributed by atoms with Crippen LogP contribution in [0, 0.1) is 0 Å². The Hall–Kier alpha value is -1.62. The largest absolute Gasteiger partial charge is 0.381 e. The first-order valence-corrected chi connectivity index (χ1v) is 8.46. The van der Waals surface area contributed by atoms with Crippen LogP contribution >= 0.6 is 0 Å². The third kappa shape index (κ3) is 6.18. The van der Waals surface area contributed by atoms with Gasteiger partial charge in [-0.25, -0.2) is 0 Å². The van der Waals surface area contributed by atoms with Gasteiger partial charge in [-0.2, -0.15) is 0 Å². The molecule has 0 spiro atoms. The zero-order valence-electron chi connectivity index (χ0n) is 14.8. The molecule has 5 nitrogen and oxygen atoms in total. The standard InChI is InChI=1S/C18H30N2O3/c1-5-7-14(3)16(21)19-13-18(9-11-23-12-10-18)20-17(22)15(4)8-6-2/h7-8H,5-6,9-13H2,1-4H3,(H,19,21)(H,20,22). The van der Waals surface area contributed by atoms with E-state index in [1.807, 2.05) is 39.8 Å². The van der Waals surface area contributed by atoms with Gasteiger partial charge in [0.25, 0.3) is 0 Å². The van der Waals surface area contributed by atoms with Crippen molar-refractivity contribution in [2.75, 3.05) is 19.8 Å². The highest BCUT2D eigenvalue weighted by Gasteiger charge is 2.34. The lowest BCUT2D eigenvalue weighted by molar-refractivity contribution is -0.122. The van der Waals surface area contributed by atoms with E-state index in [1.165, 1.54) is 0 Å². The summed E-state index contributed by atoms with van der Waals surface area (Å²) in [6, 6.07) is 0. The number of carbonyl (C=O) groups excluding carboxylic acids is 2. The maximum atomic E-state index is 12.3. The summed E-state index contributed by atoms with van der Waals surface area (Å²) in [6.07, 6.45) is 6.88. The third-order valence-corrected chi connectivity index (χ3v) is 4.15. The molecule has 0 aromatic rings. The number of ether oxygens (including phenoxy) is 1. The van der Waals surface area contributed by atoms with E-state index in [4.69, 9.17) is 4.74 Å². The second-order valence-corrected chi connectivity index (χ2v) is 6.12. The Balaban J connectivity index is 2.75. The Bertz CT molecular complexity index is 475. The van der Waals surface area contributed by atoms with Crippen LogP contribution in [0.15, 0.2) is 23.3 Å².